The number of hydrogen-bond acceptors (Lipinski definition) is 2. The van der Waals surface area contributed by atoms with Crippen molar-refractivity contribution in [3.8, 4) is 0 Å². The lowest BCUT2D eigenvalue weighted by atomic mass is 10.1. The molecule has 0 aromatic carbocycles. The van der Waals surface area contributed by atoms with Crippen molar-refractivity contribution in [2.75, 3.05) is 13.6 Å². The van der Waals surface area contributed by atoms with Gasteiger partial charge in [-0.2, -0.15) is 8.78 Å². The molecule has 124 valence electrons. The SMILES string of the molecule is CN(C(=O)NCCc1nccn1C(F)F)C1CCCCCC1. The first-order chi connectivity index (χ1) is 10.6. The quantitative estimate of drug-likeness (QED) is 0.849. The van der Waals surface area contributed by atoms with Gasteiger partial charge in [0, 0.05) is 38.4 Å². The highest BCUT2D eigenvalue weighted by Gasteiger charge is 2.21. The van der Waals surface area contributed by atoms with Gasteiger partial charge in [0.1, 0.15) is 5.82 Å². The Morgan fingerprint density at radius 2 is 2.09 bits per heavy atom. The molecule has 1 saturated carbocycles. The van der Waals surface area contributed by atoms with Gasteiger partial charge in [0.2, 0.25) is 0 Å². The van der Waals surface area contributed by atoms with Gasteiger partial charge in [-0.25, -0.2) is 9.78 Å². The second kappa shape index (κ2) is 8.10. The minimum absolute atomic E-state index is 0.137. The Hall–Kier alpha value is -1.66. The van der Waals surface area contributed by atoms with Crippen molar-refractivity contribution in [3.05, 3.63) is 18.2 Å². The number of nitrogens with one attached hydrogen (secondary N) is 1. The fourth-order valence-electron chi connectivity index (χ4n) is 2.93. The molecule has 0 bridgehead atoms. The maximum absolute atomic E-state index is 12.7. The van der Waals surface area contributed by atoms with Crippen LogP contribution in [-0.2, 0) is 6.42 Å². The van der Waals surface area contributed by atoms with Gasteiger partial charge in [-0.05, 0) is 12.8 Å². The molecule has 1 aliphatic rings. The number of halogens is 2. The van der Waals surface area contributed by atoms with Crippen LogP contribution in [0.3, 0.4) is 0 Å². The summed E-state index contributed by atoms with van der Waals surface area (Å²) >= 11 is 0. The molecule has 1 heterocycles. The first-order valence-electron chi connectivity index (χ1n) is 7.90. The van der Waals surface area contributed by atoms with E-state index in [-0.39, 0.29) is 17.9 Å². The highest BCUT2D eigenvalue weighted by Crippen LogP contribution is 2.21. The van der Waals surface area contributed by atoms with Crippen LogP contribution in [0.2, 0.25) is 0 Å². The van der Waals surface area contributed by atoms with E-state index in [1.165, 1.54) is 25.2 Å². The van der Waals surface area contributed by atoms with Crippen LogP contribution in [0.1, 0.15) is 50.9 Å². The third kappa shape index (κ3) is 4.42. The number of aromatic nitrogens is 2. The lowest BCUT2D eigenvalue weighted by Crippen LogP contribution is -2.44. The molecule has 0 saturated heterocycles. The number of imidazole rings is 1. The average molecular weight is 314 g/mol. The molecule has 1 N–H and O–H groups in total. The summed E-state index contributed by atoms with van der Waals surface area (Å²) in [6, 6.07) is 0.146. The van der Waals surface area contributed by atoms with E-state index in [9.17, 15) is 13.6 Å². The number of rotatable bonds is 5. The van der Waals surface area contributed by atoms with E-state index in [4.69, 9.17) is 0 Å². The summed E-state index contributed by atoms with van der Waals surface area (Å²) < 4.78 is 26.2. The molecule has 2 rings (SSSR count). The van der Waals surface area contributed by atoms with E-state index in [0.717, 1.165) is 30.3 Å². The molecule has 1 aliphatic carbocycles. The lowest BCUT2D eigenvalue weighted by molar-refractivity contribution is 0.0670. The third-order valence-corrected chi connectivity index (χ3v) is 4.28. The molecular formula is C15H24F2N4O. The van der Waals surface area contributed by atoms with Crippen LogP contribution in [0, 0.1) is 0 Å². The number of amides is 2. The second-order valence-corrected chi connectivity index (χ2v) is 5.77. The first-order valence-corrected chi connectivity index (χ1v) is 7.90. The van der Waals surface area contributed by atoms with Crippen LogP contribution in [0.15, 0.2) is 12.4 Å². The number of carbonyl (C=O) groups is 1. The van der Waals surface area contributed by atoms with Crippen LogP contribution >= 0.6 is 0 Å². The Morgan fingerprint density at radius 3 is 2.73 bits per heavy atom. The van der Waals surface area contributed by atoms with Crippen LogP contribution < -0.4 is 5.32 Å². The molecule has 7 heteroatoms. The van der Waals surface area contributed by atoms with E-state index in [1.54, 1.807) is 4.90 Å². The van der Waals surface area contributed by atoms with E-state index in [2.05, 4.69) is 10.3 Å². The molecule has 1 aromatic heterocycles. The van der Waals surface area contributed by atoms with E-state index >= 15 is 0 Å². The number of urea groups is 1. The highest BCUT2D eigenvalue weighted by atomic mass is 19.3. The standard InChI is InChI=1S/C15H24F2N4O/c1-20(12-6-4-2-3-5-7-12)15(22)19-9-8-13-18-10-11-21(13)14(16)17/h10-12,14H,2-9H2,1H3,(H,19,22). The Balaban J connectivity index is 1.78. The first kappa shape index (κ1) is 16.7. The molecule has 22 heavy (non-hydrogen) atoms. The van der Waals surface area contributed by atoms with Crippen LogP contribution in [0.25, 0.3) is 0 Å². The molecule has 1 fully saturated rings. The smallest absolute Gasteiger partial charge is 0.319 e. The Morgan fingerprint density at radius 1 is 1.41 bits per heavy atom. The van der Waals surface area contributed by atoms with Crippen molar-refractivity contribution in [2.45, 2.75) is 57.5 Å². The molecule has 0 aliphatic heterocycles. The monoisotopic (exact) mass is 314 g/mol. The summed E-state index contributed by atoms with van der Waals surface area (Å²) in [6.45, 7) is -2.29. The summed E-state index contributed by atoms with van der Waals surface area (Å²) in [7, 11) is 1.81. The Kier molecular flexibility index (Phi) is 6.15. The van der Waals surface area contributed by atoms with E-state index in [0.29, 0.717) is 13.0 Å². The minimum Gasteiger partial charge on any atom is -0.338 e. The normalized spacial score (nSPS) is 16.5. The number of carbonyl (C=O) groups excluding carboxylic acids is 1. The predicted octanol–water partition coefficient (Wildman–Crippen LogP) is 3.18. The van der Waals surface area contributed by atoms with Crippen molar-refractivity contribution >= 4 is 6.03 Å². The van der Waals surface area contributed by atoms with Crippen molar-refractivity contribution in [1.29, 1.82) is 0 Å². The van der Waals surface area contributed by atoms with Gasteiger partial charge in [0.25, 0.3) is 0 Å². The van der Waals surface area contributed by atoms with E-state index in [1.807, 2.05) is 7.05 Å². The summed E-state index contributed by atoms with van der Waals surface area (Å²) in [5.74, 6) is 0.285. The lowest BCUT2D eigenvalue weighted by Gasteiger charge is -2.27. The van der Waals surface area contributed by atoms with Gasteiger partial charge < -0.3 is 10.2 Å². The minimum atomic E-state index is -2.60. The molecule has 5 nitrogen and oxygen atoms in total. The fourth-order valence-corrected chi connectivity index (χ4v) is 2.93. The van der Waals surface area contributed by atoms with Gasteiger partial charge in [-0.3, -0.25) is 4.57 Å². The van der Waals surface area contributed by atoms with Crippen LogP contribution in [0.4, 0.5) is 13.6 Å². The maximum Gasteiger partial charge on any atom is 0.319 e. The average Bonchev–Trinajstić information content (AvgIpc) is 2.80. The summed E-state index contributed by atoms with van der Waals surface area (Å²) in [4.78, 5) is 17.8. The number of hydrogen-bond donors (Lipinski definition) is 1. The van der Waals surface area contributed by atoms with Crippen molar-refractivity contribution < 1.29 is 13.6 Å². The molecule has 0 unspecified atom stereocenters. The molecule has 1 aromatic rings. The van der Waals surface area contributed by atoms with Crippen molar-refractivity contribution in [1.82, 2.24) is 19.8 Å². The summed E-state index contributed by atoms with van der Waals surface area (Å²) in [5, 5.41) is 2.79. The zero-order valence-corrected chi connectivity index (χ0v) is 13.0. The second-order valence-electron chi connectivity index (χ2n) is 5.77. The third-order valence-electron chi connectivity index (χ3n) is 4.28. The molecule has 2 amide bonds. The summed E-state index contributed by atoms with van der Waals surface area (Å²) in [6.07, 6.45) is 9.77. The fraction of sp³-hybridized carbons (Fsp3) is 0.733. The van der Waals surface area contributed by atoms with Gasteiger partial charge >= 0.3 is 12.6 Å². The van der Waals surface area contributed by atoms with Gasteiger partial charge in [-0.15, -0.1) is 0 Å². The Labute approximate surface area is 129 Å². The maximum atomic E-state index is 12.7. The van der Waals surface area contributed by atoms with Gasteiger partial charge in [-0.1, -0.05) is 25.7 Å². The highest BCUT2D eigenvalue weighted by molar-refractivity contribution is 5.74. The molecule has 0 spiro atoms. The van der Waals surface area contributed by atoms with E-state index < -0.39 is 6.55 Å². The molecule has 0 radical (unpaired) electrons. The van der Waals surface area contributed by atoms with Crippen LogP contribution in [-0.4, -0.2) is 40.1 Å². The molecule has 0 atom stereocenters. The molecular weight excluding hydrogens is 290 g/mol. The van der Waals surface area contributed by atoms with Crippen molar-refractivity contribution in [2.24, 2.45) is 0 Å². The number of nitrogens with zero attached hydrogens (tertiary/aromatic N) is 3. The number of alkyl halides is 2. The Bertz CT molecular complexity index is 470. The zero-order valence-electron chi connectivity index (χ0n) is 13.0. The van der Waals surface area contributed by atoms with Crippen molar-refractivity contribution in [3.63, 3.8) is 0 Å². The summed E-state index contributed by atoms with van der Waals surface area (Å²) in [5.41, 5.74) is 0. The largest absolute Gasteiger partial charge is 0.338 e. The van der Waals surface area contributed by atoms with Crippen LogP contribution in [0.5, 0.6) is 0 Å². The zero-order chi connectivity index (χ0) is 15.9. The topological polar surface area (TPSA) is 50.2 Å². The van der Waals surface area contributed by atoms with Gasteiger partial charge in [0.15, 0.2) is 0 Å². The predicted molar refractivity (Wildman–Crippen MR) is 79.8 cm³/mol. The van der Waals surface area contributed by atoms with Gasteiger partial charge in [0.05, 0.1) is 0 Å².